The number of benzene rings is 1. The molecule has 2 aliphatic rings. The molecule has 23 heavy (non-hydrogen) atoms. The number of hydrogen-bond donors (Lipinski definition) is 2. The summed E-state index contributed by atoms with van der Waals surface area (Å²) in [5.41, 5.74) is 4.26. The van der Waals surface area contributed by atoms with Crippen LogP contribution in [0.15, 0.2) is 41.2 Å². The molecule has 1 atom stereocenters. The zero-order chi connectivity index (χ0) is 16.6. The zero-order valence-electron chi connectivity index (χ0n) is 13.6. The summed E-state index contributed by atoms with van der Waals surface area (Å²) >= 11 is 0. The van der Waals surface area contributed by atoms with Crippen LogP contribution in [0.25, 0.3) is 0 Å². The number of fused-ring (bicyclic) bond motifs is 1. The van der Waals surface area contributed by atoms with Gasteiger partial charge in [0.15, 0.2) is 0 Å². The van der Waals surface area contributed by atoms with Crippen molar-refractivity contribution in [3.63, 3.8) is 0 Å². The van der Waals surface area contributed by atoms with Crippen LogP contribution in [0.1, 0.15) is 31.4 Å². The number of aliphatic hydroxyl groups excluding tert-OH is 2. The van der Waals surface area contributed by atoms with Gasteiger partial charge < -0.3 is 14.9 Å². The maximum atomic E-state index is 14.1. The molecular weight excluding hydrogens is 295 g/mol. The third-order valence-corrected chi connectivity index (χ3v) is 4.76. The van der Waals surface area contributed by atoms with Crippen molar-refractivity contribution in [3.8, 4) is 0 Å². The number of halogens is 1. The number of allylic oxidation sites excluding steroid dienone is 3. The smallest absolute Gasteiger partial charge is 0.127 e. The molecule has 3 nitrogen and oxygen atoms in total. The fourth-order valence-corrected chi connectivity index (χ4v) is 3.55. The van der Waals surface area contributed by atoms with Crippen molar-refractivity contribution < 1.29 is 19.3 Å². The molecule has 1 aromatic carbocycles. The summed E-state index contributed by atoms with van der Waals surface area (Å²) in [4.78, 5) is 0. The molecule has 0 unspecified atom stereocenters. The van der Waals surface area contributed by atoms with Crippen LogP contribution in [0.4, 0.5) is 4.39 Å². The van der Waals surface area contributed by atoms with E-state index in [0.29, 0.717) is 12.8 Å². The first-order chi connectivity index (χ1) is 10.9. The maximum absolute atomic E-state index is 14.1. The van der Waals surface area contributed by atoms with E-state index in [-0.39, 0.29) is 24.4 Å². The van der Waals surface area contributed by atoms with Crippen LogP contribution in [0.3, 0.4) is 0 Å². The van der Waals surface area contributed by atoms with Gasteiger partial charge in [0, 0.05) is 11.8 Å². The zero-order valence-corrected chi connectivity index (χ0v) is 13.6. The van der Waals surface area contributed by atoms with E-state index in [4.69, 9.17) is 9.84 Å². The van der Waals surface area contributed by atoms with Gasteiger partial charge in [0.05, 0.1) is 12.4 Å². The highest BCUT2D eigenvalue weighted by molar-refractivity contribution is 5.47. The van der Waals surface area contributed by atoms with Crippen molar-refractivity contribution in [2.45, 2.75) is 39.2 Å². The average molecular weight is 318 g/mol. The summed E-state index contributed by atoms with van der Waals surface area (Å²) in [7, 11) is 0. The highest BCUT2D eigenvalue weighted by atomic mass is 19.1. The fourth-order valence-electron chi connectivity index (χ4n) is 3.55. The molecule has 2 aliphatic carbocycles. The van der Waals surface area contributed by atoms with Crippen LogP contribution in [-0.4, -0.2) is 29.5 Å². The Bertz CT molecular complexity index is 673. The molecular formula is C19H23FO3. The predicted molar refractivity (Wildman–Crippen MR) is 86.4 cm³/mol. The molecule has 0 saturated carbocycles. The van der Waals surface area contributed by atoms with Crippen LogP contribution in [0, 0.1) is 11.2 Å². The first-order valence-corrected chi connectivity index (χ1v) is 8.02. The molecule has 0 fully saturated rings. The first-order valence-electron chi connectivity index (χ1n) is 8.02. The molecule has 0 amide bonds. The SMILES string of the molecule is CC1(C)C=C(OC[C@H](O)CO)CC2=C1Cc1cccc(F)c1C2. The summed E-state index contributed by atoms with van der Waals surface area (Å²) in [6.07, 6.45) is 3.24. The minimum Gasteiger partial charge on any atom is -0.495 e. The van der Waals surface area contributed by atoms with Crippen molar-refractivity contribution in [2.75, 3.05) is 13.2 Å². The Labute approximate surface area is 136 Å². The summed E-state index contributed by atoms with van der Waals surface area (Å²) in [5.74, 6) is 0.653. The summed E-state index contributed by atoms with van der Waals surface area (Å²) in [6, 6.07) is 5.30. The van der Waals surface area contributed by atoms with E-state index in [1.165, 1.54) is 17.2 Å². The summed E-state index contributed by atoms with van der Waals surface area (Å²) < 4.78 is 19.8. The largest absolute Gasteiger partial charge is 0.495 e. The van der Waals surface area contributed by atoms with E-state index in [1.807, 2.05) is 6.07 Å². The van der Waals surface area contributed by atoms with E-state index in [1.54, 1.807) is 6.07 Å². The van der Waals surface area contributed by atoms with Gasteiger partial charge in [-0.05, 0) is 36.1 Å². The average Bonchev–Trinajstić information content (AvgIpc) is 2.51. The third-order valence-electron chi connectivity index (χ3n) is 4.76. The van der Waals surface area contributed by atoms with Gasteiger partial charge in [0.2, 0.25) is 0 Å². The van der Waals surface area contributed by atoms with Gasteiger partial charge in [-0.15, -0.1) is 0 Å². The quantitative estimate of drug-likeness (QED) is 0.839. The van der Waals surface area contributed by atoms with E-state index in [2.05, 4.69) is 19.9 Å². The highest BCUT2D eigenvalue weighted by Crippen LogP contribution is 2.44. The summed E-state index contributed by atoms with van der Waals surface area (Å²) in [6.45, 7) is 4.03. The molecule has 0 saturated heterocycles. The molecule has 124 valence electrons. The predicted octanol–water partition coefficient (Wildman–Crippen LogP) is 2.90. The van der Waals surface area contributed by atoms with Crippen LogP contribution in [-0.2, 0) is 17.6 Å². The Balaban J connectivity index is 1.83. The lowest BCUT2D eigenvalue weighted by atomic mass is 9.69. The third kappa shape index (κ3) is 3.19. The van der Waals surface area contributed by atoms with Crippen LogP contribution in [0.2, 0.25) is 0 Å². The van der Waals surface area contributed by atoms with Gasteiger partial charge in [0.1, 0.15) is 18.5 Å². The molecule has 4 heteroatoms. The lowest BCUT2D eigenvalue weighted by molar-refractivity contribution is 0.0278. The van der Waals surface area contributed by atoms with Gasteiger partial charge in [-0.25, -0.2) is 4.39 Å². The number of aliphatic hydroxyl groups is 2. The minimum atomic E-state index is -0.876. The second-order valence-corrected chi connectivity index (χ2v) is 6.97. The van der Waals surface area contributed by atoms with Crippen molar-refractivity contribution in [1.29, 1.82) is 0 Å². The van der Waals surface area contributed by atoms with Crippen LogP contribution < -0.4 is 0 Å². The Morgan fingerprint density at radius 3 is 2.78 bits per heavy atom. The molecule has 0 aromatic heterocycles. The van der Waals surface area contributed by atoms with Gasteiger partial charge in [-0.1, -0.05) is 37.1 Å². The van der Waals surface area contributed by atoms with Gasteiger partial charge in [-0.3, -0.25) is 0 Å². The molecule has 3 rings (SSSR count). The van der Waals surface area contributed by atoms with Crippen molar-refractivity contribution in [3.05, 3.63) is 58.1 Å². The monoisotopic (exact) mass is 318 g/mol. The molecule has 0 radical (unpaired) electrons. The van der Waals surface area contributed by atoms with E-state index in [0.717, 1.165) is 23.3 Å². The van der Waals surface area contributed by atoms with E-state index in [9.17, 15) is 9.50 Å². The van der Waals surface area contributed by atoms with Crippen molar-refractivity contribution in [2.24, 2.45) is 5.41 Å². The Morgan fingerprint density at radius 2 is 2.04 bits per heavy atom. The Hall–Kier alpha value is -1.65. The number of rotatable bonds is 4. The topological polar surface area (TPSA) is 49.7 Å². The lowest BCUT2D eigenvalue weighted by Gasteiger charge is -2.37. The highest BCUT2D eigenvalue weighted by Gasteiger charge is 2.33. The molecule has 0 aliphatic heterocycles. The number of hydrogen-bond acceptors (Lipinski definition) is 3. The molecule has 0 heterocycles. The lowest BCUT2D eigenvalue weighted by Crippen LogP contribution is -2.27. The normalized spacial score (nSPS) is 20.5. The Kier molecular flexibility index (Phi) is 4.30. The Morgan fingerprint density at radius 1 is 1.26 bits per heavy atom. The second-order valence-electron chi connectivity index (χ2n) is 6.97. The van der Waals surface area contributed by atoms with Gasteiger partial charge in [0.25, 0.3) is 0 Å². The molecule has 0 bridgehead atoms. The standard InChI is InChI=1S/C19H23FO3/c1-19(2)9-15(23-11-14(22)10-21)6-13-7-16-12(8-17(13)19)4-3-5-18(16)20/h3-5,9,14,21-22H,6-8,10-11H2,1-2H3/t14-/m1/s1. The minimum absolute atomic E-state index is 0.0754. The second kappa shape index (κ2) is 6.10. The van der Waals surface area contributed by atoms with E-state index >= 15 is 0 Å². The van der Waals surface area contributed by atoms with Crippen LogP contribution >= 0.6 is 0 Å². The van der Waals surface area contributed by atoms with Crippen molar-refractivity contribution in [1.82, 2.24) is 0 Å². The van der Waals surface area contributed by atoms with Crippen molar-refractivity contribution >= 4 is 0 Å². The van der Waals surface area contributed by atoms with Gasteiger partial charge in [-0.2, -0.15) is 0 Å². The first kappa shape index (κ1) is 16.2. The van der Waals surface area contributed by atoms with E-state index < -0.39 is 6.10 Å². The van der Waals surface area contributed by atoms with Crippen LogP contribution in [0.5, 0.6) is 0 Å². The van der Waals surface area contributed by atoms with Gasteiger partial charge >= 0.3 is 0 Å². The molecule has 0 spiro atoms. The maximum Gasteiger partial charge on any atom is 0.127 e. The summed E-state index contributed by atoms with van der Waals surface area (Å²) in [5, 5.41) is 18.3. The number of ether oxygens (including phenoxy) is 1. The fraction of sp³-hybridized carbons (Fsp3) is 0.474. The molecule has 2 N–H and O–H groups in total. The molecule has 1 aromatic rings.